The molecule has 0 aliphatic rings. The molecule has 19 heavy (non-hydrogen) atoms. The van der Waals surface area contributed by atoms with Crippen molar-refractivity contribution in [2.24, 2.45) is 5.92 Å². The molecule has 108 valence electrons. The third kappa shape index (κ3) is 5.29. The molecule has 0 amide bonds. The Balaban J connectivity index is 2.46. The fourth-order valence-corrected chi connectivity index (χ4v) is 2.57. The van der Waals surface area contributed by atoms with Crippen molar-refractivity contribution in [1.82, 2.24) is 10.2 Å². The average Bonchev–Trinajstić information content (AvgIpc) is 2.40. The number of nitrogens with one attached hydrogen (secondary N) is 1. The predicted octanol–water partition coefficient (Wildman–Crippen LogP) is 3.28. The Kier molecular flexibility index (Phi) is 7.03. The van der Waals surface area contributed by atoms with Gasteiger partial charge < -0.3 is 10.2 Å². The van der Waals surface area contributed by atoms with Crippen molar-refractivity contribution < 1.29 is 4.39 Å². The van der Waals surface area contributed by atoms with Gasteiger partial charge in [-0.25, -0.2) is 4.39 Å². The van der Waals surface area contributed by atoms with Crippen LogP contribution in [0, 0.1) is 11.7 Å². The van der Waals surface area contributed by atoms with Gasteiger partial charge >= 0.3 is 0 Å². The summed E-state index contributed by atoms with van der Waals surface area (Å²) in [5.74, 6) is 0.544. The second-order valence-electron chi connectivity index (χ2n) is 5.36. The molecule has 0 spiro atoms. The van der Waals surface area contributed by atoms with E-state index in [4.69, 9.17) is 0 Å². The van der Waals surface area contributed by atoms with E-state index in [1.807, 2.05) is 12.1 Å². The van der Waals surface area contributed by atoms with Crippen molar-refractivity contribution >= 4 is 0 Å². The molecule has 0 aliphatic carbocycles. The van der Waals surface area contributed by atoms with E-state index in [-0.39, 0.29) is 5.82 Å². The number of likely N-dealkylation sites (N-methyl/N-ethyl adjacent to an activating group) is 1. The fraction of sp³-hybridized carbons (Fsp3) is 0.625. The Labute approximate surface area is 117 Å². The van der Waals surface area contributed by atoms with Crippen molar-refractivity contribution in [3.63, 3.8) is 0 Å². The molecule has 1 unspecified atom stereocenters. The lowest BCUT2D eigenvalue weighted by molar-refractivity contribution is 0.194. The van der Waals surface area contributed by atoms with Crippen LogP contribution in [0.1, 0.15) is 32.3 Å². The second kappa shape index (κ2) is 8.28. The minimum atomic E-state index is -0.174. The second-order valence-corrected chi connectivity index (χ2v) is 5.36. The van der Waals surface area contributed by atoms with E-state index in [9.17, 15) is 4.39 Å². The van der Waals surface area contributed by atoms with Crippen molar-refractivity contribution in [3.05, 3.63) is 35.6 Å². The summed E-state index contributed by atoms with van der Waals surface area (Å²) in [6.07, 6.45) is 2.41. The zero-order chi connectivity index (χ0) is 14.3. The van der Waals surface area contributed by atoms with Gasteiger partial charge in [0.1, 0.15) is 5.82 Å². The summed E-state index contributed by atoms with van der Waals surface area (Å²) in [5.41, 5.74) is 1.13. The lowest BCUT2D eigenvalue weighted by Gasteiger charge is -2.31. The molecule has 0 radical (unpaired) electrons. The number of rotatable bonds is 8. The Bertz CT molecular complexity index is 344. The molecule has 0 saturated heterocycles. The van der Waals surface area contributed by atoms with Gasteiger partial charge in [-0.15, -0.1) is 0 Å². The molecule has 2 nitrogen and oxygen atoms in total. The van der Waals surface area contributed by atoms with Gasteiger partial charge in [0.05, 0.1) is 0 Å². The summed E-state index contributed by atoms with van der Waals surface area (Å²) in [4.78, 5) is 2.30. The number of nitrogens with zero attached hydrogens (tertiary/aromatic N) is 1. The van der Waals surface area contributed by atoms with Gasteiger partial charge in [-0.3, -0.25) is 0 Å². The van der Waals surface area contributed by atoms with Gasteiger partial charge in [0.2, 0.25) is 0 Å². The van der Waals surface area contributed by atoms with Crippen LogP contribution in [-0.2, 0) is 6.54 Å². The highest BCUT2D eigenvalue weighted by molar-refractivity contribution is 5.15. The normalized spacial score (nSPS) is 13.2. The van der Waals surface area contributed by atoms with Crippen LogP contribution < -0.4 is 5.32 Å². The molecule has 0 aliphatic heterocycles. The van der Waals surface area contributed by atoms with Crippen molar-refractivity contribution in [1.29, 1.82) is 0 Å². The van der Waals surface area contributed by atoms with Gasteiger partial charge in [-0.2, -0.15) is 0 Å². The lowest BCUT2D eigenvalue weighted by atomic mass is 9.93. The summed E-state index contributed by atoms with van der Waals surface area (Å²) < 4.78 is 12.8. The fourth-order valence-electron chi connectivity index (χ4n) is 2.57. The van der Waals surface area contributed by atoms with Crippen LogP contribution in [0.3, 0.4) is 0 Å². The van der Waals surface area contributed by atoms with E-state index in [1.54, 1.807) is 0 Å². The Hall–Kier alpha value is -0.930. The van der Waals surface area contributed by atoms with Gasteiger partial charge in [0.15, 0.2) is 0 Å². The standard InChI is InChI=1S/C16H27FN2/c1-5-14(6-2)16(19(3)4)12-18-11-13-7-9-15(17)10-8-13/h7-10,14,16,18H,5-6,11-12H2,1-4H3. The minimum Gasteiger partial charge on any atom is -0.311 e. The smallest absolute Gasteiger partial charge is 0.123 e. The monoisotopic (exact) mass is 266 g/mol. The van der Waals surface area contributed by atoms with Crippen LogP contribution in [0.2, 0.25) is 0 Å². The summed E-state index contributed by atoms with van der Waals surface area (Å²) in [5, 5.41) is 3.49. The molecule has 0 heterocycles. The lowest BCUT2D eigenvalue weighted by Crippen LogP contribution is -2.42. The first-order valence-electron chi connectivity index (χ1n) is 7.20. The van der Waals surface area contributed by atoms with Crippen LogP contribution in [0.25, 0.3) is 0 Å². The van der Waals surface area contributed by atoms with Crippen molar-refractivity contribution in [2.75, 3.05) is 20.6 Å². The molecule has 3 heteroatoms. The first-order chi connectivity index (χ1) is 9.08. The highest BCUT2D eigenvalue weighted by Gasteiger charge is 2.19. The predicted molar refractivity (Wildman–Crippen MR) is 79.7 cm³/mol. The molecule has 0 saturated carbocycles. The SMILES string of the molecule is CCC(CC)C(CNCc1ccc(F)cc1)N(C)C. The van der Waals surface area contributed by atoms with E-state index in [1.165, 1.54) is 25.0 Å². The highest BCUT2D eigenvalue weighted by atomic mass is 19.1. The van der Waals surface area contributed by atoms with E-state index in [0.29, 0.717) is 6.04 Å². The van der Waals surface area contributed by atoms with Gasteiger partial charge in [0, 0.05) is 19.1 Å². The molecule has 1 N–H and O–H groups in total. The Morgan fingerprint density at radius 3 is 2.16 bits per heavy atom. The third-order valence-electron chi connectivity index (χ3n) is 3.85. The van der Waals surface area contributed by atoms with E-state index < -0.39 is 0 Å². The first kappa shape index (κ1) is 16.1. The van der Waals surface area contributed by atoms with Crippen LogP contribution in [-0.4, -0.2) is 31.6 Å². The maximum atomic E-state index is 12.8. The topological polar surface area (TPSA) is 15.3 Å². The molecule has 1 aromatic carbocycles. The summed E-state index contributed by atoms with van der Waals surface area (Å²) in [6.45, 7) is 6.27. The highest BCUT2D eigenvalue weighted by Crippen LogP contribution is 2.16. The maximum absolute atomic E-state index is 12.8. The number of halogens is 1. The Morgan fingerprint density at radius 1 is 1.11 bits per heavy atom. The van der Waals surface area contributed by atoms with Crippen molar-refractivity contribution in [2.45, 2.75) is 39.3 Å². The van der Waals surface area contributed by atoms with Crippen LogP contribution in [0.15, 0.2) is 24.3 Å². The number of hydrogen-bond acceptors (Lipinski definition) is 2. The van der Waals surface area contributed by atoms with Crippen LogP contribution >= 0.6 is 0 Å². The largest absolute Gasteiger partial charge is 0.311 e. The number of hydrogen-bond donors (Lipinski definition) is 1. The van der Waals surface area contributed by atoms with Crippen LogP contribution in [0.5, 0.6) is 0 Å². The molecule has 1 atom stereocenters. The van der Waals surface area contributed by atoms with E-state index >= 15 is 0 Å². The summed E-state index contributed by atoms with van der Waals surface area (Å²) >= 11 is 0. The number of benzene rings is 1. The van der Waals surface area contributed by atoms with Gasteiger partial charge in [-0.05, 0) is 37.7 Å². The van der Waals surface area contributed by atoms with Gasteiger partial charge in [-0.1, -0.05) is 38.8 Å². The zero-order valence-electron chi connectivity index (χ0n) is 12.6. The zero-order valence-corrected chi connectivity index (χ0v) is 12.6. The van der Waals surface area contributed by atoms with Crippen LogP contribution in [0.4, 0.5) is 4.39 Å². The van der Waals surface area contributed by atoms with E-state index in [2.05, 4.69) is 38.2 Å². The quantitative estimate of drug-likeness (QED) is 0.777. The maximum Gasteiger partial charge on any atom is 0.123 e. The minimum absolute atomic E-state index is 0.174. The molecular weight excluding hydrogens is 239 g/mol. The summed E-state index contributed by atoms with van der Waals surface area (Å²) in [7, 11) is 4.28. The molecule has 1 aromatic rings. The summed E-state index contributed by atoms with van der Waals surface area (Å²) in [6, 6.07) is 7.26. The molecular formula is C16H27FN2. The van der Waals surface area contributed by atoms with Crippen molar-refractivity contribution in [3.8, 4) is 0 Å². The molecule has 0 fully saturated rings. The van der Waals surface area contributed by atoms with Gasteiger partial charge in [0.25, 0.3) is 0 Å². The molecule has 1 rings (SSSR count). The first-order valence-corrected chi connectivity index (χ1v) is 7.20. The van der Waals surface area contributed by atoms with E-state index in [0.717, 1.165) is 24.6 Å². The third-order valence-corrected chi connectivity index (χ3v) is 3.85. The molecule has 0 bridgehead atoms. The molecule has 0 aromatic heterocycles. The average molecular weight is 266 g/mol. The Morgan fingerprint density at radius 2 is 1.68 bits per heavy atom.